The summed E-state index contributed by atoms with van der Waals surface area (Å²) in [6.07, 6.45) is 2.40. The third kappa shape index (κ3) is 2.03. The predicted octanol–water partition coefficient (Wildman–Crippen LogP) is 1.64. The lowest BCUT2D eigenvalue weighted by Crippen LogP contribution is -2.19. The molecule has 5 nitrogen and oxygen atoms in total. The fraction of sp³-hybridized carbons (Fsp3) is 0.462. The smallest absolute Gasteiger partial charge is 0.161 e. The molecule has 19 heavy (non-hydrogen) atoms. The zero-order valence-electron chi connectivity index (χ0n) is 10.5. The zero-order valence-corrected chi connectivity index (χ0v) is 11.2. The number of aliphatic hydroxyl groups excluding tert-OH is 2. The van der Waals surface area contributed by atoms with Gasteiger partial charge < -0.3 is 19.5 Å². The van der Waals surface area contributed by atoms with Crippen LogP contribution in [-0.2, 0) is 4.74 Å². The summed E-state index contributed by atoms with van der Waals surface area (Å²) in [5.41, 5.74) is 1.67. The highest BCUT2D eigenvalue weighted by Crippen LogP contribution is 2.34. The van der Waals surface area contributed by atoms with Crippen LogP contribution in [0.5, 0.6) is 0 Å². The third-order valence-electron chi connectivity index (χ3n) is 3.49. The molecule has 3 heterocycles. The second-order valence-electron chi connectivity index (χ2n) is 4.85. The first-order valence-electron chi connectivity index (χ1n) is 6.18. The lowest BCUT2D eigenvalue weighted by molar-refractivity contribution is -0.0484. The molecule has 0 unspecified atom stereocenters. The van der Waals surface area contributed by atoms with Gasteiger partial charge in [0.2, 0.25) is 0 Å². The molecule has 1 fully saturated rings. The van der Waals surface area contributed by atoms with E-state index in [1.807, 2.05) is 13.1 Å². The van der Waals surface area contributed by atoms with Gasteiger partial charge in [-0.1, -0.05) is 11.6 Å². The number of hydrogen-bond acceptors (Lipinski definition) is 4. The molecule has 1 aliphatic rings. The van der Waals surface area contributed by atoms with Crippen LogP contribution >= 0.6 is 11.6 Å². The highest BCUT2D eigenvalue weighted by molar-refractivity contribution is 6.35. The molecule has 0 saturated carbocycles. The van der Waals surface area contributed by atoms with Gasteiger partial charge in [0.1, 0.15) is 11.8 Å². The average molecular weight is 283 g/mol. The highest BCUT2D eigenvalue weighted by Gasteiger charge is 2.35. The summed E-state index contributed by atoms with van der Waals surface area (Å²) >= 11 is 6.18. The summed E-state index contributed by atoms with van der Waals surface area (Å²) in [5, 5.41) is 20.7. The molecule has 0 bridgehead atoms. The number of aliphatic hydroxyl groups is 2. The minimum atomic E-state index is -0.659. The van der Waals surface area contributed by atoms with Crippen molar-refractivity contribution in [2.75, 3.05) is 6.61 Å². The monoisotopic (exact) mass is 282 g/mol. The molecule has 0 spiro atoms. The molecule has 0 amide bonds. The summed E-state index contributed by atoms with van der Waals surface area (Å²) in [6.45, 7) is 1.84. The Kier molecular flexibility index (Phi) is 3.22. The topological polar surface area (TPSA) is 67.5 Å². The van der Waals surface area contributed by atoms with Gasteiger partial charge in [0.05, 0.1) is 17.7 Å². The van der Waals surface area contributed by atoms with Crippen molar-refractivity contribution in [1.82, 2.24) is 9.55 Å². The molecule has 2 aromatic heterocycles. The summed E-state index contributed by atoms with van der Waals surface area (Å²) in [5.74, 6) is 0. The Balaban J connectivity index is 2.09. The number of aryl methyl sites for hydroxylation is 1. The van der Waals surface area contributed by atoms with Gasteiger partial charge in [0.15, 0.2) is 6.23 Å². The Bertz CT molecular complexity index is 613. The van der Waals surface area contributed by atoms with Crippen molar-refractivity contribution < 1.29 is 14.9 Å². The maximum atomic E-state index is 10.1. The number of halogens is 1. The molecular formula is C13H15ClN2O3. The molecule has 1 aliphatic heterocycles. The Labute approximate surface area is 115 Å². The fourth-order valence-electron chi connectivity index (χ4n) is 2.61. The van der Waals surface area contributed by atoms with E-state index in [9.17, 15) is 5.11 Å². The summed E-state index contributed by atoms with van der Waals surface area (Å²) < 4.78 is 7.44. The number of fused-ring (bicyclic) bond motifs is 1. The van der Waals surface area contributed by atoms with Crippen LogP contribution in [-0.4, -0.2) is 38.6 Å². The van der Waals surface area contributed by atoms with Gasteiger partial charge in [0, 0.05) is 24.2 Å². The van der Waals surface area contributed by atoms with E-state index in [0.717, 1.165) is 10.9 Å². The molecule has 6 heteroatoms. The molecule has 0 aliphatic carbocycles. The van der Waals surface area contributed by atoms with Gasteiger partial charge >= 0.3 is 0 Å². The Morgan fingerprint density at radius 1 is 1.58 bits per heavy atom. The highest BCUT2D eigenvalue weighted by atomic mass is 35.5. The number of pyridine rings is 1. The van der Waals surface area contributed by atoms with Gasteiger partial charge in [-0.25, -0.2) is 4.98 Å². The number of aromatic nitrogens is 2. The molecule has 3 rings (SSSR count). The maximum absolute atomic E-state index is 10.1. The van der Waals surface area contributed by atoms with E-state index < -0.39 is 12.3 Å². The minimum absolute atomic E-state index is 0.0973. The van der Waals surface area contributed by atoms with Crippen LogP contribution in [0, 0.1) is 6.92 Å². The van der Waals surface area contributed by atoms with Crippen LogP contribution in [0.1, 0.15) is 18.2 Å². The molecule has 2 aromatic rings. The van der Waals surface area contributed by atoms with Crippen molar-refractivity contribution in [2.24, 2.45) is 0 Å². The predicted molar refractivity (Wildman–Crippen MR) is 71.1 cm³/mol. The lowest BCUT2D eigenvalue weighted by atomic mass is 10.2. The van der Waals surface area contributed by atoms with Crippen LogP contribution < -0.4 is 0 Å². The standard InChI is InChI=1S/C13H15ClN2O3/c1-7-5-16(12-11(7)9(14)2-3-15-12)13-10(18)4-8(6-17)19-13/h2-3,5,8,10,13,17-18H,4,6H2,1H3/t8-,10+,13+/m0/s1. The fourth-order valence-corrected chi connectivity index (χ4v) is 2.90. The van der Waals surface area contributed by atoms with Crippen LogP contribution in [0.25, 0.3) is 11.0 Å². The third-order valence-corrected chi connectivity index (χ3v) is 3.81. The van der Waals surface area contributed by atoms with Gasteiger partial charge in [-0.05, 0) is 18.6 Å². The first-order valence-corrected chi connectivity index (χ1v) is 6.55. The van der Waals surface area contributed by atoms with Crippen molar-refractivity contribution in [3.05, 3.63) is 29.0 Å². The lowest BCUT2D eigenvalue weighted by Gasteiger charge is -2.17. The van der Waals surface area contributed by atoms with Crippen molar-refractivity contribution in [2.45, 2.75) is 31.8 Å². The Hall–Kier alpha value is -1.14. The summed E-state index contributed by atoms with van der Waals surface area (Å²) in [4.78, 5) is 4.32. The van der Waals surface area contributed by atoms with E-state index in [2.05, 4.69) is 4.98 Å². The van der Waals surface area contributed by atoms with Gasteiger partial charge in [-0.3, -0.25) is 0 Å². The molecule has 2 N–H and O–H groups in total. The zero-order chi connectivity index (χ0) is 13.6. The number of nitrogens with zero attached hydrogens (tertiary/aromatic N) is 2. The van der Waals surface area contributed by atoms with Gasteiger partial charge in [-0.2, -0.15) is 0 Å². The Morgan fingerprint density at radius 3 is 3.05 bits per heavy atom. The quantitative estimate of drug-likeness (QED) is 0.879. The van der Waals surface area contributed by atoms with E-state index in [-0.39, 0.29) is 12.7 Å². The first kappa shape index (κ1) is 12.9. The number of hydrogen-bond donors (Lipinski definition) is 2. The minimum Gasteiger partial charge on any atom is -0.394 e. The van der Waals surface area contributed by atoms with E-state index in [1.54, 1.807) is 16.8 Å². The average Bonchev–Trinajstić information content (AvgIpc) is 2.91. The van der Waals surface area contributed by atoms with Crippen LogP contribution in [0.3, 0.4) is 0 Å². The van der Waals surface area contributed by atoms with Crippen LogP contribution in [0.2, 0.25) is 5.02 Å². The van der Waals surface area contributed by atoms with E-state index in [4.69, 9.17) is 21.4 Å². The largest absolute Gasteiger partial charge is 0.394 e. The second kappa shape index (κ2) is 4.76. The Morgan fingerprint density at radius 2 is 2.37 bits per heavy atom. The maximum Gasteiger partial charge on any atom is 0.161 e. The van der Waals surface area contributed by atoms with Gasteiger partial charge in [0.25, 0.3) is 0 Å². The molecule has 3 atom stereocenters. The number of rotatable bonds is 2. The van der Waals surface area contributed by atoms with E-state index in [1.165, 1.54) is 0 Å². The van der Waals surface area contributed by atoms with E-state index >= 15 is 0 Å². The van der Waals surface area contributed by atoms with Crippen molar-refractivity contribution in [3.8, 4) is 0 Å². The van der Waals surface area contributed by atoms with Crippen molar-refractivity contribution in [3.63, 3.8) is 0 Å². The molecule has 102 valence electrons. The molecule has 1 saturated heterocycles. The SMILES string of the molecule is Cc1cn([C@@H]2O[C@H](CO)C[C@H]2O)c2nccc(Cl)c12. The second-order valence-corrected chi connectivity index (χ2v) is 5.25. The summed E-state index contributed by atoms with van der Waals surface area (Å²) in [7, 11) is 0. The van der Waals surface area contributed by atoms with Crippen molar-refractivity contribution in [1.29, 1.82) is 0 Å². The molecular weight excluding hydrogens is 268 g/mol. The first-order chi connectivity index (χ1) is 9.11. The normalized spacial score (nSPS) is 27.3. The van der Waals surface area contributed by atoms with Gasteiger partial charge in [-0.15, -0.1) is 0 Å². The van der Waals surface area contributed by atoms with Crippen LogP contribution in [0.4, 0.5) is 0 Å². The van der Waals surface area contributed by atoms with E-state index in [0.29, 0.717) is 17.1 Å². The number of ether oxygens (including phenoxy) is 1. The molecule has 0 radical (unpaired) electrons. The summed E-state index contributed by atoms with van der Waals surface area (Å²) in [6, 6.07) is 1.74. The van der Waals surface area contributed by atoms with Crippen molar-refractivity contribution >= 4 is 22.6 Å². The molecule has 0 aromatic carbocycles. The van der Waals surface area contributed by atoms with Crippen LogP contribution in [0.15, 0.2) is 18.5 Å².